The highest BCUT2D eigenvalue weighted by Gasteiger charge is 2.23. The molecule has 0 fully saturated rings. The molecule has 0 aromatic heterocycles. The Bertz CT molecular complexity index is 642. The molecular formula is C16H27N3O3S. The Hall–Kier alpha value is -1.44. The van der Waals surface area contributed by atoms with Gasteiger partial charge in [0.2, 0.25) is 15.9 Å². The van der Waals surface area contributed by atoms with Crippen LogP contribution in [0.3, 0.4) is 0 Å². The molecule has 1 amide bonds. The third kappa shape index (κ3) is 5.93. The van der Waals surface area contributed by atoms with E-state index < -0.39 is 10.0 Å². The Morgan fingerprint density at radius 2 is 1.78 bits per heavy atom. The van der Waals surface area contributed by atoms with Crippen molar-refractivity contribution in [2.75, 3.05) is 40.8 Å². The van der Waals surface area contributed by atoms with E-state index >= 15 is 0 Å². The van der Waals surface area contributed by atoms with Gasteiger partial charge in [0.05, 0.1) is 11.4 Å². The van der Waals surface area contributed by atoms with E-state index in [9.17, 15) is 13.2 Å². The van der Waals surface area contributed by atoms with E-state index in [2.05, 4.69) is 5.32 Å². The number of rotatable bonds is 8. The first-order valence-corrected chi connectivity index (χ1v) is 9.03. The lowest BCUT2D eigenvalue weighted by Gasteiger charge is -2.18. The zero-order valence-corrected chi connectivity index (χ0v) is 15.4. The minimum absolute atomic E-state index is 0.183. The minimum Gasteiger partial charge on any atom is -0.355 e. The number of carbonyl (C=O) groups excluding carboxylic acids is 1. The van der Waals surface area contributed by atoms with E-state index in [0.29, 0.717) is 6.54 Å². The first-order chi connectivity index (χ1) is 10.6. The van der Waals surface area contributed by atoms with Crippen LogP contribution in [-0.4, -0.2) is 64.3 Å². The van der Waals surface area contributed by atoms with Crippen LogP contribution in [0.5, 0.6) is 0 Å². The van der Waals surface area contributed by atoms with Crippen LogP contribution in [0.15, 0.2) is 23.1 Å². The first kappa shape index (κ1) is 19.6. The summed E-state index contributed by atoms with van der Waals surface area (Å²) in [5, 5.41) is 2.74. The summed E-state index contributed by atoms with van der Waals surface area (Å²) in [7, 11) is 1.70. The summed E-state index contributed by atoms with van der Waals surface area (Å²) >= 11 is 0. The van der Waals surface area contributed by atoms with Gasteiger partial charge in [0, 0.05) is 13.6 Å². The number of likely N-dealkylation sites (N-methyl/N-ethyl adjacent to an activating group) is 1. The van der Waals surface area contributed by atoms with Crippen molar-refractivity contribution in [1.29, 1.82) is 0 Å². The van der Waals surface area contributed by atoms with E-state index in [1.165, 1.54) is 7.05 Å². The highest BCUT2D eigenvalue weighted by molar-refractivity contribution is 7.89. The number of hydrogen-bond donors (Lipinski definition) is 1. The van der Waals surface area contributed by atoms with Gasteiger partial charge in [-0.05, 0) is 64.2 Å². The molecule has 1 aromatic carbocycles. The number of hydrogen-bond acceptors (Lipinski definition) is 4. The van der Waals surface area contributed by atoms with Gasteiger partial charge in [-0.25, -0.2) is 8.42 Å². The van der Waals surface area contributed by atoms with Crippen molar-refractivity contribution in [3.63, 3.8) is 0 Å². The number of carbonyl (C=O) groups is 1. The van der Waals surface area contributed by atoms with Gasteiger partial charge in [-0.1, -0.05) is 6.07 Å². The Morgan fingerprint density at radius 1 is 1.13 bits per heavy atom. The summed E-state index contributed by atoms with van der Waals surface area (Å²) in [6.45, 7) is 5.02. The van der Waals surface area contributed by atoms with Crippen LogP contribution in [0.4, 0.5) is 0 Å². The third-order valence-electron chi connectivity index (χ3n) is 3.66. The molecule has 6 nitrogen and oxygen atoms in total. The van der Waals surface area contributed by atoms with Gasteiger partial charge in [0.1, 0.15) is 0 Å². The fraction of sp³-hybridized carbons (Fsp3) is 0.562. The van der Waals surface area contributed by atoms with Crippen molar-refractivity contribution >= 4 is 15.9 Å². The van der Waals surface area contributed by atoms with Crippen molar-refractivity contribution in [3.8, 4) is 0 Å². The van der Waals surface area contributed by atoms with Crippen LogP contribution in [0.25, 0.3) is 0 Å². The number of nitrogens with one attached hydrogen (secondary N) is 1. The Labute approximate surface area is 139 Å². The van der Waals surface area contributed by atoms with E-state index in [-0.39, 0.29) is 17.3 Å². The smallest absolute Gasteiger partial charge is 0.243 e. The summed E-state index contributed by atoms with van der Waals surface area (Å²) in [4.78, 5) is 14.1. The van der Waals surface area contributed by atoms with Crippen LogP contribution in [-0.2, 0) is 14.8 Å². The summed E-state index contributed by atoms with van der Waals surface area (Å²) < 4.78 is 26.1. The number of benzene rings is 1. The molecule has 130 valence electrons. The van der Waals surface area contributed by atoms with Crippen molar-refractivity contribution < 1.29 is 13.2 Å². The number of sulfonamides is 1. The monoisotopic (exact) mass is 341 g/mol. The predicted octanol–water partition coefficient (Wildman–Crippen LogP) is 0.992. The van der Waals surface area contributed by atoms with E-state index in [1.807, 2.05) is 32.8 Å². The van der Waals surface area contributed by atoms with Crippen LogP contribution < -0.4 is 5.32 Å². The first-order valence-electron chi connectivity index (χ1n) is 7.59. The molecule has 1 rings (SSSR count). The molecule has 0 aliphatic carbocycles. The van der Waals surface area contributed by atoms with Gasteiger partial charge in [-0.2, -0.15) is 4.31 Å². The number of nitrogens with zero attached hydrogens (tertiary/aromatic N) is 2. The number of aryl methyl sites for hydroxylation is 2. The molecule has 0 radical (unpaired) electrons. The third-order valence-corrected chi connectivity index (χ3v) is 5.46. The quantitative estimate of drug-likeness (QED) is 0.716. The maximum Gasteiger partial charge on any atom is 0.243 e. The van der Waals surface area contributed by atoms with Gasteiger partial charge in [-0.15, -0.1) is 0 Å². The predicted molar refractivity (Wildman–Crippen MR) is 91.9 cm³/mol. The van der Waals surface area contributed by atoms with Gasteiger partial charge in [0.15, 0.2) is 0 Å². The Balaban J connectivity index is 2.63. The standard InChI is InChI=1S/C16H27N3O3S/c1-13-7-8-15(11-14(13)2)23(21,22)19(5)12-16(20)17-9-6-10-18(3)4/h7-8,11H,6,9-10,12H2,1-5H3,(H,17,20). The van der Waals surface area contributed by atoms with Crippen LogP contribution in [0, 0.1) is 13.8 Å². The molecular weight excluding hydrogens is 314 g/mol. The molecule has 0 aliphatic rings. The van der Waals surface area contributed by atoms with Gasteiger partial charge < -0.3 is 10.2 Å². The van der Waals surface area contributed by atoms with Gasteiger partial charge in [0.25, 0.3) is 0 Å². The molecule has 0 atom stereocenters. The van der Waals surface area contributed by atoms with Crippen LogP contribution in [0.1, 0.15) is 17.5 Å². The van der Waals surface area contributed by atoms with Crippen molar-refractivity contribution in [2.24, 2.45) is 0 Å². The van der Waals surface area contributed by atoms with Crippen molar-refractivity contribution in [3.05, 3.63) is 29.3 Å². The molecule has 23 heavy (non-hydrogen) atoms. The van der Waals surface area contributed by atoms with Crippen LogP contribution >= 0.6 is 0 Å². The van der Waals surface area contributed by atoms with E-state index in [1.54, 1.807) is 18.2 Å². The molecule has 0 saturated carbocycles. The van der Waals surface area contributed by atoms with E-state index in [4.69, 9.17) is 0 Å². The lowest BCUT2D eigenvalue weighted by atomic mass is 10.1. The van der Waals surface area contributed by atoms with Crippen LogP contribution in [0.2, 0.25) is 0 Å². The van der Waals surface area contributed by atoms with Gasteiger partial charge >= 0.3 is 0 Å². The average molecular weight is 341 g/mol. The summed E-state index contributed by atoms with van der Waals surface area (Å²) in [6.07, 6.45) is 0.826. The minimum atomic E-state index is -3.65. The molecule has 7 heteroatoms. The topological polar surface area (TPSA) is 69.7 Å². The highest BCUT2D eigenvalue weighted by atomic mass is 32.2. The zero-order valence-electron chi connectivity index (χ0n) is 14.6. The summed E-state index contributed by atoms with van der Waals surface area (Å²) in [5.41, 5.74) is 1.94. The Morgan fingerprint density at radius 3 is 2.35 bits per heavy atom. The fourth-order valence-electron chi connectivity index (χ4n) is 2.02. The van der Waals surface area contributed by atoms with Gasteiger partial charge in [-0.3, -0.25) is 4.79 Å². The van der Waals surface area contributed by atoms with Crippen molar-refractivity contribution in [1.82, 2.24) is 14.5 Å². The maximum absolute atomic E-state index is 12.5. The SMILES string of the molecule is Cc1ccc(S(=O)(=O)N(C)CC(=O)NCCCN(C)C)cc1C. The molecule has 0 spiro atoms. The number of amides is 1. The second kappa shape index (κ2) is 8.42. The summed E-state index contributed by atoms with van der Waals surface area (Å²) in [6, 6.07) is 4.98. The summed E-state index contributed by atoms with van der Waals surface area (Å²) in [5.74, 6) is -0.293. The molecule has 0 saturated heterocycles. The molecule has 0 heterocycles. The molecule has 1 N–H and O–H groups in total. The largest absolute Gasteiger partial charge is 0.355 e. The lowest BCUT2D eigenvalue weighted by Crippen LogP contribution is -2.39. The Kier molecular flexibility index (Phi) is 7.18. The average Bonchev–Trinajstić information content (AvgIpc) is 2.46. The molecule has 1 aromatic rings. The molecule has 0 unspecified atom stereocenters. The van der Waals surface area contributed by atoms with E-state index in [0.717, 1.165) is 28.4 Å². The second-order valence-electron chi connectivity index (χ2n) is 6.01. The maximum atomic E-state index is 12.5. The second-order valence-corrected chi connectivity index (χ2v) is 8.06. The lowest BCUT2D eigenvalue weighted by molar-refractivity contribution is -0.121. The highest BCUT2D eigenvalue weighted by Crippen LogP contribution is 2.17. The fourth-order valence-corrected chi connectivity index (χ4v) is 3.23. The normalized spacial score (nSPS) is 12.0. The molecule has 0 aliphatic heterocycles. The molecule has 0 bridgehead atoms. The zero-order chi connectivity index (χ0) is 17.6. The van der Waals surface area contributed by atoms with Crippen molar-refractivity contribution in [2.45, 2.75) is 25.2 Å².